The smallest absolute Gasteiger partial charge is 0.418 e. The van der Waals surface area contributed by atoms with Gasteiger partial charge in [-0.25, -0.2) is 0 Å². The van der Waals surface area contributed by atoms with Gasteiger partial charge >= 0.3 is 7.25 Å². The Hall–Kier alpha value is -2.46. The Bertz CT molecular complexity index is 910. The first-order valence-corrected chi connectivity index (χ1v) is 9.85. The molecule has 0 saturated carbocycles. The number of hydrogen-bond donors (Lipinski definition) is 0. The lowest BCUT2D eigenvalue weighted by molar-refractivity contribution is 0.368. The minimum atomic E-state index is -6.00. The highest BCUT2D eigenvalue weighted by atomic mass is 32.2. The molecule has 2 aliphatic rings. The van der Waals surface area contributed by atoms with E-state index in [2.05, 4.69) is 66.8 Å². The van der Waals surface area contributed by atoms with Gasteiger partial charge in [0, 0.05) is 22.9 Å². The molecule has 0 bridgehead atoms. The van der Waals surface area contributed by atoms with Crippen LogP contribution in [0.15, 0.2) is 71.6 Å². The number of nitriles is 1. The van der Waals surface area contributed by atoms with Gasteiger partial charge < -0.3 is 17.3 Å². The molecule has 4 rings (SSSR count). The second-order valence-electron chi connectivity index (χ2n) is 6.12. The second-order valence-corrected chi connectivity index (χ2v) is 8.35. The SMILES string of the molecule is F[B-](F)(F)F.N#CC1=CC2CC(c3ccccc3)=CC[S+]2c2ccccc21. The standard InChI is InChI=1S/C20H16NS.BF4/c21-14-17-13-18-12-16(15-6-2-1-3-7-15)10-11-22(18)20-9-5-4-8-19(17)20;2-1(3,4)5/h1-10,13,18H,11-12H2;/q+1;-1. The van der Waals surface area contributed by atoms with Gasteiger partial charge in [0.2, 0.25) is 0 Å². The zero-order valence-electron chi connectivity index (χ0n) is 14.3. The van der Waals surface area contributed by atoms with Crippen molar-refractivity contribution in [2.24, 2.45) is 0 Å². The van der Waals surface area contributed by atoms with Gasteiger partial charge in [-0.2, -0.15) is 5.26 Å². The number of rotatable bonds is 1. The van der Waals surface area contributed by atoms with Crippen LogP contribution in [-0.2, 0) is 10.9 Å². The molecule has 2 unspecified atom stereocenters. The summed E-state index contributed by atoms with van der Waals surface area (Å²) < 4.78 is 39.0. The van der Waals surface area contributed by atoms with Crippen LogP contribution in [0.1, 0.15) is 17.5 Å². The maximum atomic E-state index is 9.75. The quantitative estimate of drug-likeness (QED) is 0.347. The molecule has 2 aliphatic heterocycles. The summed E-state index contributed by atoms with van der Waals surface area (Å²) in [5, 5.41) is 9.94. The summed E-state index contributed by atoms with van der Waals surface area (Å²) in [5.74, 6) is 1.08. The normalized spacial score (nSPS) is 20.7. The van der Waals surface area contributed by atoms with Crippen molar-refractivity contribution in [1.82, 2.24) is 0 Å². The third-order valence-corrected chi connectivity index (χ3v) is 6.85. The first-order valence-electron chi connectivity index (χ1n) is 8.39. The van der Waals surface area contributed by atoms with E-state index in [1.54, 1.807) is 0 Å². The average Bonchev–Trinajstić information content (AvgIpc) is 2.66. The van der Waals surface area contributed by atoms with Gasteiger partial charge in [-0.1, -0.05) is 42.5 Å². The molecule has 0 aromatic heterocycles. The van der Waals surface area contributed by atoms with Crippen molar-refractivity contribution in [3.8, 4) is 6.07 Å². The summed E-state index contributed by atoms with van der Waals surface area (Å²) in [4.78, 5) is 1.37. The monoisotopic (exact) mass is 389 g/mol. The predicted molar refractivity (Wildman–Crippen MR) is 104 cm³/mol. The fourth-order valence-corrected chi connectivity index (χ4v) is 5.82. The van der Waals surface area contributed by atoms with Crippen LogP contribution < -0.4 is 0 Å². The van der Waals surface area contributed by atoms with Gasteiger partial charge in [0.05, 0.1) is 11.6 Å². The largest absolute Gasteiger partial charge is 0.673 e. The van der Waals surface area contributed by atoms with E-state index < -0.39 is 7.25 Å². The van der Waals surface area contributed by atoms with Crippen molar-refractivity contribution in [2.45, 2.75) is 16.6 Å². The van der Waals surface area contributed by atoms with Crippen molar-refractivity contribution in [2.75, 3.05) is 5.75 Å². The minimum Gasteiger partial charge on any atom is -0.418 e. The summed E-state index contributed by atoms with van der Waals surface area (Å²) in [7, 11) is -5.80. The Morgan fingerprint density at radius 1 is 0.963 bits per heavy atom. The van der Waals surface area contributed by atoms with Gasteiger partial charge in [0.25, 0.3) is 0 Å². The summed E-state index contributed by atoms with van der Waals surface area (Å²) in [6.07, 6.45) is 5.64. The lowest BCUT2D eigenvalue weighted by Crippen LogP contribution is -2.30. The van der Waals surface area contributed by atoms with Gasteiger partial charge in [0.1, 0.15) is 11.0 Å². The summed E-state index contributed by atoms with van der Waals surface area (Å²) in [5.41, 5.74) is 4.72. The van der Waals surface area contributed by atoms with E-state index in [9.17, 15) is 22.5 Å². The van der Waals surface area contributed by atoms with E-state index in [0.717, 1.165) is 23.3 Å². The van der Waals surface area contributed by atoms with Crippen LogP contribution in [0.5, 0.6) is 0 Å². The van der Waals surface area contributed by atoms with E-state index in [1.807, 2.05) is 6.07 Å². The Kier molecular flexibility index (Phi) is 5.76. The average molecular weight is 389 g/mol. The molecule has 2 aromatic rings. The maximum absolute atomic E-state index is 9.75. The van der Waals surface area contributed by atoms with Crippen LogP contribution in [-0.4, -0.2) is 18.3 Å². The van der Waals surface area contributed by atoms with Crippen LogP contribution in [0.4, 0.5) is 17.3 Å². The molecule has 138 valence electrons. The van der Waals surface area contributed by atoms with Gasteiger partial charge in [0.15, 0.2) is 4.90 Å². The molecular weight excluding hydrogens is 373 g/mol. The summed E-state index contributed by atoms with van der Waals surface area (Å²) in [6.45, 7) is 0. The van der Waals surface area contributed by atoms with E-state index in [0.29, 0.717) is 5.25 Å². The van der Waals surface area contributed by atoms with E-state index in [-0.39, 0.29) is 10.9 Å². The van der Waals surface area contributed by atoms with Gasteiger partial charge in [-0.15, -0.1) is 0 Å². The Balaban J connectivity index is 0.000000376. The molecule has 2 atom stereocenters. The number of fused-ring (bicyclic) bond motifs is 3. The maximum Gasteiger partial charge on any atom is 0.673 e. The molecule has 1 nitrogen and oxygen atoms in total. The zero-order valence-corrected chi connectivity index (χ0v) is 15.1. The third kappa shape index (κ3) is 4.83. The zero-order chi connectivity index (χ0) is 19.4. The highest BCUT2D eigenvalue weighted by Gasteiger charge is 2.40. The molecule has 2 aromatic carbocycles. The van der Waals surface area contributed by atoms with Crippen molar-refractivity contribution in [1.29, 1.82) is 5.26 Å². The first-order chi connectivity index (χ1) is 12.9. The van der Waals surface area contributed by atoms with E-state index >= 15 is 0 Å². The lowest BCUT2D eigenvalue weighted by Gasteiger charge is -2.26. The highest BCUT2D eigenvalue weighted by molar-refractivity contribution is 7.98. The van der Waals surface area contributed by atoms with Crippen LogP contribution in [0.2, 0.25) is 0 Å². The lowest BCUT2D eigenvalue weighted by atomic mass is 9.97. The minimum absolute atomic E-state index is 0.202. The Morgan fingerprint density at radius 2 is 1.59 bits per heavy atom. The number of halogens is 4. The van der Waals surface area contributed by atoms with Crippen LogP contribution in [0.25, 0.3) is 11.1 Å². The molecule has 0 spiro atoms. The molecule has 0 N–H and O–H groups in total. The number of nitrogens with zero attached hydrogens (tertiary/aromatic N) is 1. The van der Waals surface area contributed by atoms with Crippen molar-refractivity contribution >= 4 is 29.3 Å². The van der Waals surface area contributed by atoms with Crippen LogP contribution >= 0.6 is 0 Å². The van der Waals surface area contributed by atoms with Crippen LogP contribution in [0, 0.1) is 11.3 Å². The van der Waals surface area contributed by atoms with Gasteiger partial charge in [-0.05, 0) is 35.4 Å². The van der Waals surface area contributed by atoms with E-state index in [1.165, 1.54) is 16.0 Å². The molecular formula is C20H16BF4NS. The summed E-state index contributed by atoms with van der Waals surface area (Å²) in [6, 6.07) is 21.4. The number of hydrogen-bond acceptors (Lipinski definition) is 1. The Morgan fingerprint density at radius 3 is 2.26 bits per heavy atom. The fraction of sp³-hybridized carbons (Fsp3) is 0.150. The van der Waals surface area contributed by atoms with Crippen molar-refractivity contribution in [3.63, 3.8) is 0 Å². The molecule has 2 heterocycles. The molecule has 27 heavy (non-hydrogen) atoms. The molecule has 0 radical (unpaired) electrons. The number of allylic oxidation sites excluding steroid dienone is 2. The third-order valence-electron chi connectivity index (χ3n) is 4.37. The topological polar surface area (TPSA) is 23.8 Å². The molecule has 0 fully saturated rings. The second kappa shape index (κ2) is 8.05. The number of benzene rings is 2. The molecule has 0 saturated heterocycles. The fourth-order valence-electron chi connectivity index (χ4n) is 3.29. The predicted octanol–water partition coefficient (Wildman–Crippen LogP) is 5.74. The summed E-state index contributed by atoms with van der Waals surface area (Å²) >= 11 is 0. The molecule has 0 amide bonds. The van der Waals surface area contributed by atoms with Crippen molar-refractivity contribution < 1.29 is 17.3 Å². The van der Waals surface area contributed by atoms with Gasteiger partial charge in [-0.3, -0.25) is 0 Å². The molecule has 0 aliphatic carbocycles. The Labute approximate surface area is 158 Å². The molecule has 7 heteroatoms. The highest BCUT2D eigenvalue weighted by Crippen LogP contribution is 2.40. The first kappa shape index (κ1) is 19.3. The van der Waals surface area contributed by atoms with Crippen molar-refractivity contribution in [3.05, 3.63) is 77.9 Å². The van der Waals surface area contributed by atoms with Crippen LogP contribution in [0.3, 0.4) is 0 Å². The van der Waals surface area contributed by atoms with E-state index in [4.69, 9.17) is 0 Å².